The van der Waals surface area contributed by atoms with Crippen LogP contribution in [0.15, 0.2) is 30.3 Å². The Balaban J connectivity index is 1.87. The summed E-state index contributed by atoms with van der Waals surface area (Å²) < 4.78 is 5.52. The molecule has 3 nitrogen and oxygen atoms in total. The van der Waals surface area contributed by atoms with E-state index in [1.54, 1.807) is 0 Å². The molecule has 0 aliphatic carbocycles. The minimum atomic E-state index is 0.491. The van der Waals surface area contributed by atoms with Crippen molar-refractivity contribution in [1.82, 2.24) is 10.3 Å². The van der Waals surface area contributed by atoms with E-state index in [2.05, 4.69) is 42.6 Å². The third kappa shape index (κ3) is 3.51. The Morgan fingerprint density at radius 1 is 1.33 bits per heavy atom. The molecule has 1 N–H and O–H groups in total. The molecular weight excluding hydrogens is 280 g/mol. The highest BCUT2D eigenvalue weighted by Crippen LogP contribution is 2.35. The average molecular weight is 302 g/mol. The van der Waals surface area contributed by atoms with Gasteiger partial charge in [-0.3, -0.25) is 0 Å². The molecule has 1 aliphatic rings. The summed E-state index contributed by atoms with van der Waals surface area (Å²) in [5.74, 6) is 0.491. The normalized spacial score (nSPS) is 18.2. The summed E-state index contributed by atoms with van der Waals surface area (Å²) in [6, 6.07) is 10.5. The van der Waals surface area contributed by atoms with Crippen molar-refractivity contribution < 1.29 is 4.74 Å². The summed E-state index contributed by atoms with van der Waals surface area (Å²) in [6.45, 7) is 5.88. The Morgan fingerprint density at radius 2 is 2.19 bits per heavy atom. The van der Waals surface area contributed by atoms with Gasteiger partial charge >= 0.3 is 0 Å². The second kappa shape index (κ2) is 7.16. The maximum Gasteiger partial charge on any atom is 0.0990 e. The second-order valence-electron chi connectivity index (χ2n) is 5.35. The van der Waals surface area contributed by atoms with Gasteiger partial charge in [0, 0.05) is 29.5 Å². The van der Waals surface area contributed by atoms with Crippen LogP contribution in [0.1, 0.15) is 29.1 Å². The predicted octanol–water partition coefficient (Wildman–Crippen LogP) is 3.47. The van der Waals surface area contributed by atoms with Crippen molar-refractivity contribution in [3.63, 3.8) is 0 Å². The van der Waals surface area contributed by atoms with Crippen molar-refractivity contribution in [2.75, 3.05) is 26.3 Å². The molecule has 2 heterocycles. The van der Waals surface area contributed by atoms with Gasteiger partial charge in [0.05, 0.1) is 17.3 Å². The Labute approximate surface area is 130 Å². The van der Waals surface area contributed by atoms with Crippen LogP contribution in [-0.4, -0.2) is 31.3 Å². The third-order valence-electron chi connectivity index (χ3n) is 3.82. The highest BCUT2D eigenvalue weighted by atomic mass is 32.1. The van der Waals surface area contributed by atoms with E-state index in [0.29, 0.717) is 5.92 Å². The molecule has 21 heavy (non-hydrogen) atoms. The maximum absolute atomic E-state index is 5.52. The number of nitrogens with one attached hydrogen (secondary N) is 1. The summed E-state index contributed by atoms with van der Waals surface area (Å²) in [5.41, 5.74) is 2.39. The number of hydrogen-bond donors (Lipinski definition) is 1. The van der Waals surface area contributed by atoms with E-state index in [9.17, 15) is 0 Å². The van der Waals surface area contributed by atoms with Gasteiger partial charge in [0.1, 0.15) is 0 Å². The Hall–Kier alpha value is -1.23. The van der Waals surface area contributed by atoms with Gasteiger partial charge in [-0.05, 0) is 19.4 Å². The fourth-order valence-corrected chi connectivity index (χ4v) is 3.85. The molecule has 0 spiro atoms. The monoisotopic (exact) mass is 302 g/mol. The van der Waals surface area contributed by atoms with Crippen LogP contribution >= 0.6 is 11.3 Å². The van der Waals surface area contributed by atoms with E-state index in [0.717, 1.165) is 39.1 Å². The van der Waals surface area contributed by atoms with Crippen molar-refractivity contribution in [3.05, 3.63) is 40.2 Å². The van der Waals surface area contributed by atoms with Crippen molar-refractivity contribution in [3.8, 4) is 11.3 Å². The van der Waals surface area contributed by atoms with Gasteiger partial charge in [-0.2, -0.15) is 0 Å². The van der Waals surface area contributed by atoms with E-state index >= 15 is 0 Å². The van der Waals surface area contributed by atoms with Crippen molar-refractivity contribution in [2.45, 2.75) is 25.7 Å². The van der Waals surface area contributed by atoms with Crippen molar-refractivity contribution in [1.29, 1.82) is 0 Å². The molecule has 0 saturated carbocycles. The number of ether oxygens (including phenoxy) is 1. The molecule has 2 aromatic rings. The number of rotatable bonds is 6. The van der Waals surface area contributed by atoms with E-state index in [4.69, 9.17) is 9.72 Å². The number of hydrogen-bond acceptors (Lipinski definition) is 4. The van der Waals surface area contributed by atoms with Crippen LogP contribution in [0.25, 0.3) is 11.3 Å². The van der Waals surface area contributed by atoms with Crippen LogP contribution in [-0.2, 0) is 11.2 Å². The Kier molecular flexibility index (Phi) is 5.01. The molecule has 0 radical (unpaired) electrons. The van der Waals surface area contributed by atoms with Crippen LogP contribution < -0.4 is 5.32 Å². The zero-order chi connectivity index (χ0) is 14.5. The van der Waals surface area contributed by atoms with Gasteiger partial charge in [0.15, 0.2) is 0 Å². The number of likely N-dealkylation sites (N-methyl/N-ethyl adjacent to an activating group) is 1. The molecule has 1 aromatic carbocycles. The lowest BCUT2D eigenvalue weighted by Gasteiger charge is -2.03. The quantitative estimate of drug-likeness (QED) is 0.830. The Bertz CT molecular complexity index is 561. The molecule has 1 fully saturated rings. The zero-order valence-electron chi connectivity index (χ0n) is 12.5. The van der Waals surface area contributed by atoms with Crippen LogP contribution in [0, 0.1) is 0 Å². The van der Waals surface area contributed by atoms with Gasteiger partial charge in [-0.25, -0.2) is 4.98 Å². The molecule has 0 bridgehead atoms. The largest absolute Gasteiger partial charge is 0.381 e. The number of nitrogens with zero attached hydrogens (tertiary/aromatic N) is 1. The molecule has 1 atom stereocenters. The van der Waals surface area contributed by atoms with Crippen molar-refractivity contribution >= 4 is 11.3 Å². The summed E-state index contributed by atoms with van der Waals surface area (Å²) in [6.07, 6.45) is 2.15. The first-order chi connectivity index (χ1) is 10.4. The smallest absolute Gasteiger partial charge is 0.0990 e. The molecular formula is C17H22N2OS. The zero-order valence-corrected chi connectivity index (χ0v) is 13.3. The predicted molar refractivity (Wildman–Crippen MR) is 88.0 cm³/mol. The van der Waals surface area contributed by atoms with Crippen LogP contribution in [0.3, 0.4) is 0 Å². The number of aromatic nitrogens is 1. The number of benzene rings is 1. The first-order valence-electron chi connectivity index (χ1n) is 7.72. The second-order valence-corrected chi connectivity index (χ2v) is 6.47. The summed E-state index contributed by atoms with van der Waals surface area (Å²) in [5, 5.41) is 4.66. The maximum atomic E-state index is 5.52. The van der Waals surface area contributed by atoms with Crippen LogP contribution in [0.4, 0.5) is 0 Å². The summed E-state index contributed by atoms with van der Waals surface area (Å²) >= 11 is 1.87. The SMILES string of the molecule is CCNCCc1sc(C2CCOC2)nc1-c1ccccc1. The fourth-order valence-electron chi connectivity index (χ4n) is 2.64. The molecule has 3 rings (SSSR count). The fraction of sp³-hybridized carbons (Fsp3) is 0.471. The first kappa shape index (κ1) is 14.7. The molecule has 1 aliphatic heterocycles. The third-order valence-corrected chi connectivity index (χ3v) is 5.10. The molecule has 112 valence electrons. The lowest BCUT2D eigenvalue weighted by molar-refractivity contribution is 0.194. The van der Waals surface area contributed by atoms with Gasteiger partial charge < -0.3 is 10.1 Å². The van der Waals surface area contributed by atoms with E-state index in [1.807, 2.05) is 11.3 Å². The molecule has 1 aromatic heterocycles. The average Bonchev–Trinajstić information content (AvgIpc) is 3.18. The standard InChI is InChI=1S/C17H22N2OS/c1-2-18-10-8-15-16(13-6-4-3-5-7-13)19-17(21-15)14-9-11-20-12-14/h3-7,14,18H,2,8-12H2,1H3. The lowest BCUT2D eigenvalue weighted by atomic mass is 10.1. The lowest BCUT2D eigenvalue weighted by Crippen LogP contribution is -2.15. The van der Waals surface area contributed by atoms with E-state index in [1.165, 1.54) is 21.1 Å². The van der Waals surface area contributed by atoms with Crippen molar-refractivity contribution in [2.24, 2.45) is 0 Å². The van der Waals surface area contributed by atoms with Gasteiger partial charge in [-0.1, -0.05) is 37.3 Å². The minimum Gasteiger partial charge on any atom is -0.381 e. The topological polar surface area (TPSA) is 34.1 Å². The van der Waals surface area contributed by atoms with Gasteiger partial charge in [0.2, 0.25) is 0 Å². The molecule has 1 saturated heterocycles. The molecule has 1 unspecified atom stereocenters. The van der Waals surface area contributed by atoms with Gasteiger partial charge in [-0.15, -0.1) is 11.3 Å². The van der Waals surface area contributed by atoms with E-state index < -0.39 is 0 Å². The van der Waals surface area contributed by atoms with Crippen LogP contribution in [0.2, 0.25) is 0 Å². The Morgan fingerprint density at radius 3 is 2.90 bits per heavy atom. The molecule has 0 amide bonds. The molecule has 4 heteroatoms. The number of thiazole rings is 1. The van der Waals surface area contributed by atoms with E-state index in [-0.39, 0.29) is 0 Å². The summed E-state index contributed by atoms with van der Waals surface area (Å²) in [4.78, 5) is 6.34. The van der Waals surface area contributed by atoms with Crippen LogP contribution in [0.5, 0.6) is 0 Å². The summed E-state index contributed by atoms with van der Waals surface area (Å²) in [7, 11) is 0. The minimum absolute atomic E-state index is 0.491. The highest BCUT2D eigenvalue weighted by molar-refractivity contribution is 7.12. The van der Waals surface area contributed by atoms with Gasteiger partial charge in [0.25, 0.3) is 0 Å². The first-order valence-corrected chi connectivity index (χ1v) is 8.53. The highest BCUT2D eigenvalue weighted by Gasteiger charge is 2.23.